The SMILES string of the molecule is C=C1C=CC(=O)N1NC(=O)OCCC.CB(O)c1ccc(C(=O)OC(=O)OC(C)=O)cc1.CC(=O)CC(=O)C(=O)NN1C(=O)C=CC1=O.CC(=O)CC(=O)C(C)CNc1ccc(C=O)cc1.CC(=O)CC(=O)C(C)COc1ccco1.CCCOC(C)COc1ccco1. The van der Waals surface area contributed by atoms with Crippen molar-refractivity contribution in [2.45, 2.75) is 107 Å². The number of imide groups is 1. The third-order valence-electron chi connectivity index (χ3n) is 11.4. The molecule has 3 unspecified atom stereocenters. The molecule has 0 aliphatic carbocycles. The van der Waals surface area contributed by atoms with Crippen LogP contribution in [0.1, 0.15) is 115 Å². The Morgan fingerprint density at radius 2 is 1.15 bits per heavy atom. The van der Waals surface area contributed by atoms with Crippen LogP contribution in [0.15, 0.2) is 131 Å². The highest BCUT2D eigenvalue weighted by Crippen LogP contribution is 2.15. The molecule has 4 heterocycles. The van der Waals surface area contributed by atoms with E-state index in [0.717, 1.165) is 62.4 Å². The van der Waals surface area contributed by atoms with E-state index in [1.807, 2.05) is 19.3 Å². The molecule has 0 saturated heterocycles. The molecule has 2 aromatic carbocycles. The first-order chi connectivity index (χ1) is 44.4. The highest BCUT2D eigenvalue weighted by atomic mass is 16.8. The number of rotatable bonds is 28. The fourth-order valence-electron chi connectivity index (χ4n) is 6.52. The average Bonchev–Trinajstić information content (AvgIpc) is 1.71. The van der Waals surface area contributed by atoms with Gasteiger partial charge in [0.15, 0.2) is 0 Å². The van der Waals surface area contributed by atoms with Crippen molar-refractivity contribution < 1.29 is 114 Å². The molecule has 6 rings (SSSR count). The van der Waals surface area contributed by atoms with Gasteiger partial charge in [-0.15, -0.1) is 0 Å². The second-order valence-electron chi connectivity index (χ2n) is 20.1. The molecule has 506 valence electrons. The van der Waals surface area contributed by atoms with Crippen molar-refractivity contribution in [3.8, 4) is 11.9 Å². The van der Waals surface area contributed by atoms with Crippen molar-refractivity contribution in [3.05, 3.63) is 133 Å². The zero-order valence-electron chi connectivity index (χ0n) is 53.8. The lowest BCUT2D eigenvalue weighted by Crippen LogP contribution is -2.48. The van der Waals surface area contributed by atoms with E-state index in [1.54, 1.807) is 75.5 Å². The quantitative estimate of drug-likeness (QED) is 0.0123. The molecule has 0 radical (unpaired) electrons. The number of hydrogen-bond donors (Lipinski definition) is 4. The first kappa shape index (κ1) is 81.3. The summed E-state index contributed by atoms with van der Waals surface area (Å²) in [4.78, 5) is 165. The van der Waals surface area contributed by atoms with Crippen LogP contribution < -0.4 is 31.1 Å². The van der Waals surface area contributed by atoms with Gasteiger partial charge in [0.25, 0.3) is 29.6 Å². The summed E-state index contributed by atoms with van der Waals surface area (Å²) in [5.41, 5.74) is 6.70. The number of aldehydes is 1. The molecule has 4 N–H and O–H groups in total. The summed E-state index contributed by atoms with van der Waals surface area (Å²) < 4.78 is 38.9. The Morgan fingerprint density at radius 3 is 1.61 bits per heavy atom. The number of nitrogens with zero attached hydrogens (tertiary/aromatic N) is 2. The third-order valence-corrected chi connectivity index (χ3v) is 11.4. The fraction of sp³-hybridized carbons (Fsp3) is 0.359. The van der Waals surface area contributed by atoms with E-state index in [4.69, 9.17) is 27.8 Å². The predicted octanol–water partition coefficient (Wildman–Crippen LogP) is 6.20. The number of esters is 2. The molecule has 30 heteroatoms. The van der Waals surface area contributed by atoms with Crippen LogP contribution in [-0.2, 0) is 71.7 Å². The molecule has 2 aromatic heterocycles. The molecule has 94 heavy (non-hydrogen) atoms. The molecule has 0 saturated carbocycles. The Hall–Kier alpha value is -10.7. The first-order valence-electron chi connectivity index (χ1n) is 28.9. The Kier molecular flexibility index (Phi) is 38.6. The van der Waals surface area contributed by atoms with Crippen molar-refractivity contribution >= 4 is 107 Å². The second-order valence-corrected chi connectivity index (χ2v) is 20.1. The highest BCUT2D eigenvalue weighted by molar-refractivity contribution is 6.64. The summed E-state index contributed by atoms with van der Waals surface area (Å²) in [6.45, 7) is 21.3. The molecular formula is C64H78BN5O24. The van der Waals surface area contributed by atoms with Crippen molar-refractivity contribution in [1.29, 1.82) is 0 Å². The summed E-state index contributed by atoms with van der Waals surface area (Å²) in [5.74, 6) is -6.20. The van der Waals surface area contributed by atoms with E-state index in [-0.39, 0.29) is 72.0 Å². The van der Waals surface area contributed by atoms with E-state index in [9.17, 15) is 76.9 Å². The smallest absolute Gasteiger partial charge is 0.464 e. The molecular weight excluding hydrogens is 1230 g/mol. The van der Waals surface area contributed by atoms with Crippen molar-refractivity contribution in [2.24, 2.45) is 11.8 Å². The van der Waals surface area contributed by atoms with Gasteiger partial charge in [-0.2, -0.15) is 5.01 Å². The molecule has 2 aliphatic rings. The Balaban J connectivity index is 0.000000566. The zero-order chi connectivity index (χ0) is 70.9. The molecule has 0 fully saturated rings. The molecule has 5 amide bonds. The number of amides is 5. The molecule has 4 aromatic rings. The Labute approximate surface area is 542 Å². The van der Waals surface area contributed by atoms with E-state index < -0.39 is 66.8 Å². The van der Waals surface area contributed by atoms with E-state index in [0.29, 0.717) is 53.4 Å². The van der Waals surface area contributed by atoms with Gasteiger partial charge >= 0.3 is 37.0 Å². The molecule has 3 atom stereocenters. The topological polar surface area (TPSA) is 401 Å². The third kappa shape index (κ3) is 35.0. The van der Waals surface area contributed by atoms with Crippen LogP contribution >= 0.6 is 0 Å². The van der Waals surface area contributed by atoms with Gasteiger partial charge in [0.2, 0.25) is 5.78 Å². The van der Waals surface area contributed by atoms with Crippen LogP contribution in [0.3, 0.4) is 0 Å². The number of benzene rings is 2. The fourth-order valence-corrected chi connectivity index (χ4v) is 6.52. The van der Waals surface area contributed by atoms with Crippen LogP contribution in [-0.4, -0.2) is 150 Å². The minimum absolute atomic E-state index is 0.00702. The summed E-state index contributed by atoms with van der Waals surface area (Å²) in [6, 6.07) is 19.8. The molecule has 29 nitrogen and oxygen atoms in total. The van der Waals surface area contributed by atoms with Crippen LogP contribution in [0, 0.1) is 11.8 Å². The minimum Gasteiger partial charge on any atom is -0.464 e. The van der Waals surface area contributed by atoms with Gasteiger partial charge in [-0.25, -0.2) is 24.8 Å². The van der Waals surface area contributed by atoms with Crippen LogP contribution in [0.25, 0.3) is 0 Å². The normalized spacial score (nSPS) is 12.4. The zero-order valence-corrected chi connectivity index (χ0v) is 53.8. The van der Waals surface area contributed by atoms with Gasteiger partial charge in [0.1, 0.15) is 48.4 Å². The van der Waals surface area contributed by atoms with Crippen molar-refractivity contribution in [2.75, 3.05) is 38.3 Å². The van der Waals surface area contributed by atoms with Gasteiger partial charge in [0, 0.05) is 73.5 Å². The lowest BCUT2D eigenvalue weighted by Gasteiger charge is -2.17. The summed E-state index contributed by atoms with van der Waals surface area (Å²) >= 11 is 0. The highest BCUT2D eigenvalue weighted by Gasteiger charge is 2.28. The largest absolute Gasteiger partial charge is 0.524 e. The number of anilines is 1. The first-order valence-corrected chi connectivity index (χ1v) is 28.9. The number of hydrazine groups is 2. The number of carbonyl (C=O) groups is 15. The van der Waals surface area contributed by atoms with Crippen molar-refractivity contribution in [1.82, 2.24) is 20.9 Å². The van der Waals surface area contributed by atoms with E-state index in [2.05, 4.69) is 33.7 Å². The van der Waals surface area contributed by atoms with Crippen LogP contribution in [0.5, 0.6) is 11.9 Å². The Morgan fingerprint density at radius 1 is 0.638 bits per heavy atom. The number of allylic oxidation sites excluding steroid dienone is 1. The molecule has 0 spiro atoms. The van der Waals surface area contributed by atoms with Gasteiger partial charge in [0.05, 0.1) is 55.8 Å². The second kappa shape index (κ2) is 44.7. The summed E-state index contributed by atoms with van der Waals surface area (Å²) in [7, 11) is 0. The van der Waals surface area contributed by atoms with Crippen molar-refractivity contribution in [3.63, 3.8) is 0 Å². The van der Waals surface area contributed by atoms with Gasteiger partial charge in [-0.3, -0.25) is 63.0 Å². The minimum atomic E-state index is -1.37. The lowest BCUT2D eigenvalue weighted by molar-refractivity contribution is -0.150. The number of ether oxygens (including phenoxy) is 6. The standard InChI is InChI=1S/C14H17NO3.C11H11BO6.C11H14O4.C10H16O3.C9H8N2O5.C9H12N2O3/c1-10(14(18)7-11(2)17)8-15-13-5-3-12(9-16)4-6-13;1-7(13)17-11(15)18-10(14)8-3-5-9(6-4-8)12(2)16;1-8(10(13)6-9(2)12)7-15-11-4-3-5-14-11;1-3-6-11-9(2)8-13-10-5-4-7-12-10;1-5(12)4-6(13)9(16)10-11-7(14)2-3-8(11)15;1-3-6-14-9(13)10-11-7(2)4-5-8(11)12/h3-6,9-10,15H,7-8H2,1-2H3;3-6,16H,1-2H3;3-5,8H,6-7H2,1-2H3;4-5,7,9H,3,6,8H2,1-2H3;2-3H,4H2,1H3,(H,10,16);4-5H,2-3,6H2,1H3,(H,10,13). The number of ketones is 6. The Bertz CT molecular complexity index is 3230. The summed E-state index contributed by atoms with van der Waals surface area (Å²) in [5, 5.41) is 13.8. The maximum atomic E-state index is 11.6. The van der Waals surface area contributed by atoms with E-state index in [1.165, 1.54) is 56.5 Å². The predicted molar refractivity (Wildman–Crippen MR) is 335 cm³/mol. The van der Waals surface area contributed by atoms with E-state index >= 15 is 0 Å². The van der Waals surface area contributed by atoms with Gasteiger partial charge in [-0.05, 0) is 101 Å². The number of hydrogen-bond acceptors (Lipinski definition) is 25. The number of carbonyl (C=O) groups excluding carboxylic acids is 15. The van der Waals surface area contributed by atoms with Gasteiger partial charge in [-0.1, -0.05) is 53.2 Å². The van der Waals surface area contributed by atoms with Gasteiger partial charge < -0.3 is 47.6 Å². The monoisotopic (exact) mass is 1310 g/mol. The van der Waals surface area contributed by atoms with Crippen LogP contribution in [0.4, 0.5) is 15.3 Å². The number of Topliss-reactive ketones (excluding diaryl/α,β-unsaturated/α-hetero) is 6. The average molecular weight is 1310 g/mol. The maximum absolute atomic E-state index is 11.6. The molecule has 0 bridgehead atoms. The van der Waals surface area contributed by atoms with Crippen LogP contribution in [0.2, 0.25) is 6.82 Å². The number of nitrogens with one attached hydrogen (secondary N) is 3. The lowest BCUT2D eigenvalue weighted by atomic mass is 9.64. The maximum Gasteiger partial charge on any atom is 0.524 e. The number of furan rings is 2. The summed E-state index contributed by atoms with van der Waals surface area (Å²) in [6.07, 6.45) is 7.90. The molecule has 2 aliphatic heterocycles.